The topological polar surface area (TPSA) is 73.1 Å². The van der Waals surface area contributed by atoms with E-state index in [0.717, 1.165) is 0 Å². The lowest BCUT2D eigenvalue weighted by molar-refractivity contribution is -0.0174. The molecule has 0 unspecified atom stereocenters. The van der Waals surface area contributed by atoms with Crippen LogP contribution in [0.2, 0.25) is 5.15 Å². The number of rotatable bonds is 2. The fraction of sp³-hybridized carbons (Fsp3) is 0.300. The lowest BCUT2D eigenvalue weighted by Gasteiger charge is -2.14. The van der Waals surface area contributed by atoms with Gasteiger partial charge in [-0.15, -0.1) is 0 Å². The Morgan fingerprint density at radius 3 is 3.00 bits per heavy atom. The Bertz CT molecular complexity index is 629. The Morgan fingerprint density at radius 1 is 1.44 bits per heavy atom. The highest BCUT2D eigenvalue weighted by molar-refractivity contribution is 6.33. The average molecular weight is 271 g/mol. The van der Waals surface area contributed by atoms with Crippen LogP contribution in [-0.2, 0) is 4.74 Å². The Kier molecular flexibility index (Phi) is 2.73. The second-order valence-corrected chi connectivity index (χ2v) is 4.11. The van der Waals surface area contributed by atoms with Crippen LogP contribution in [-0.4, -0.2) is 37.3 Å². The quantitative estimate of drug-likeness (QED) is 0.831. The maximum atomic E-state index is 13.7. The molecule has 0 bridgehead atoms. The van der Waals surface area contributed by atoms with Gasteiger partial charge >= 0.3 is 0 Å². The molecule has 0 radical (unpaired) electrons. The molecule has 3 heterocycles. The maximum Gasteiger partial charge on any atom is 0.189 e. The van der Waals surface area contributed by atoms with E-state index in [2.05, 4.69) is 15.0 Å². The zero-order chi connectivity index (χ0) is 12.7. The molecule has 6 nitrogen and oxygen atoms in total. The number of hydrogen-bond donors (Lipinski definition) is 1. The molecule has 1 aliphatic rings. The summed E-state index contributed by atoms with van der Waals surface area (Å²) < 4.78 is 20.4. The highest BCUT2D eigenvalue weighted by Gasteiger charge is 2.30. The molecular formula is C10H8ClFN4O2. The van der Waals surface area contributed by atoms with Crippen LogP contribution >= 0.6 is 11.6 Å². The van der Waals surface area contributed by atoms with Crippen LogP contribution in [0.3, 0.4) is 0 Å². The smallest absolute Gasteiger partial charge is 0.189 e. The van der Waals surface area contributed by atoms with Gasteiger partial charge in [0, 0.05) is 0 Å². The lowest BCUT2D eigenvalue weighted by atomic mass is 10.3. The molecule has 1 N–H and O–H groups in total. The van der Waals surface area contributed by atoms with Crippen molar-refractivity contribution in [1.29, 1.82) is 0 Å². The first-order chi connectivity index (χ1) is 8.70. The van der Waals surface area contributed by atoms with Gasteiger partial charge in [0.1, 0.15) is 23.8 Å². The summed E-state index contributed by atoms with van der Waals surface area (Å²) in [5, 5.41) is 9.14. The summed E-state index contributed by atoms with van der Waals surface area (Å²) in [6, 6.07) is 0. The van der Waals surface area contributed by atoms with Crippen LogP contribution in [0, 0.1) is 0 Å². The molecule has 2 aromatic rings. The monoisotopic (exact) mass is 270 g/mol. The van der Waals surface area contributed by atoms with E-state index in [1.807, 2.05) is 0 Å². The minimum atomic E-state index is -0.974. The predicted molar refractivity (Wildman–Crippen MR) is 60.5 cm³/mol. The van der Waals surface area contributed by atoms with Gasteiger partial charge < -0.3 is 9.84 Å². The summed E-state index contributed by atoms with van der Waals surface area (Å²) in [7, 11) is 0. The van der Waals surface area contributed by atoms with E-state index < -0.39 is 18.2 Å². The zero-order valence-electron chi connectivity index (χ0n) is 8.99. The summed E-state index contributed by atoms with van der Waals surface area (Å²) >= 11 is 5.85. The fourth-order valence-corrected chi connectivity index (χ4v) is 2.00. The molecule has 0 amide bonds. The molecular weight excluding hydrogens is 263 g/mol. The van der Waals surface area contributed by atoms with Crippen LogP contribution in [0.4, 0.5) is 4.39 Å². The maximum absolute atomic E-state index is 13.7. The van der Waals surface area contributed by atoms with Crippen molar-refractivity contribution >= 4 is 22.8 Å². The van der Waals surface area contributed by atoms with Crippen molar-refractivity contribution in [3.63, 3.8) is 0 Å². The van der Waals surface area contributed by atoms with Crippen molar-refractivity contribution in [3.8, 4) is 0 Å². The first-order valence-electron chi connectivity index (χ1n) is 5.17. The minimum absolute atomic E-state index is 0.194. The number of hydrogen-bond acceptors (Lipinski definition) is 5. The van der Waals surface area contributed by atoms with Crippen molar-refractivity contribution in [2.75, 3.05) is 6.61 Å². The molecule has 8 heteroatoms. The minimum Gasteiger partial charge on any atom is -0.393 e. The Hall–Kier alpha value is -1.57. The molecule has 0 saturated heterocycles. The Balaban J connectivity index is 2.06. The number of aliphatic hydroxyl groups is 1. The first kappa shape index (κ1) is 11.5. The standard InChI is InChI=1S/C10H8ClFN4O2/c11-8-7-9(14-3-13-8)16(4-15-7)10-6(12)1-5(2-17)18-10/h1,3-5,10,17H,2H2/t5-,10+/m1/s1. The van der Waals surface area contributed by atoms with E-state index in [1.165, 1.54) is 23.3 Å². The molecule has 2 atom stereocenters. The second kappa shape index (κ2) is 4.27. The van der Waals surface area contributed by atoms with Gasteiger partial charge in [0.2, 0.25) is 0 Å². The third kappa shape index (κ3) is 1.67. The van der Waals surface area contributed by atoms with Crippen molar-refractivity contribution in [2.45, 2.75) is 12.3 Å². The lowest BCUT2D eigenvalue weighted by Crippen LogP contribution is -2.16. The van der Waals surface area contributed by atoms with E-state index >= 15 is 0 Å². The molecule has 1 aliphatic heterocycles. The molecule has 0 fully saturated rings. The number of nitrogens with zero attached hydrogens (tertiary/aromatic N) is 4. The van der Waals surface area contributed by atoms with Crippen molar-refractivity contribution in [2.24, 2.45) is 0 Å². The molecule has 18 heavy (non-hydrogen) atoms. The number of imidazole rings is 1. The van der Waals surface area contributed by atoms with E-state index in [9.17, 15) is 4.39 Å². The molecule has 0 aromatic carbocycles. The highest BCUT2D eigenvalue weighted by atomic mass is 35.5. The number of aliphatic hydroxyl groups excluding tert-OH is 1. The van der Waals surface area contributed by atoms with Crippen LogP contribution in [0.25, 0.3) is 11.2 Å². The predicted octanol–water partition coefficient (Wildman–Crippen LogP) is 1.22. The highest BCUT2D eigenvalue weighted by Crippen LogP contribution is 2.32. The van der Waals surface area contributed by atoms with E-state index in [1.54, 1.807) is 0 Å². The second-order valence-electron chi connectivity index (χ2n) is 3.75. The zero-order valence-corrected chi connectivity index (χ0v) is 9.75. The summed E-state index contributed by atoms with van der Waals surface area (Å²) in [5.74, 6) is -0.497. The van der Waals surface area contributed by atoms with Gasteiger partial charge in [0.05, 0.1) is 12.9 Å². The van der Waals surface area contributed by atoms with Gasteiger partial charge in [-0.05, 0) is 6.08 Å². The van der Waals surface area contributed by atoms with Gasteiger partial charge in [-0.25, -0.2) is 19.3 Å². The normalized spacial score (nSPS) is 23.6. The molecule has 0 spiro atoms. The number of fused-ring (bicyclic) bond motifs is 1. The third-order valence-electron chi connectivity index (χ3n) is 2.63. The van der Waals surface area contributed by atoms with Crippen molar-refractivity contribution in [1.82, 2.24) is 19.5 Å². The van der Waals surface area contributed by atoms with E-state index in [-0.39, 0.29) is 11.8 Å². The van der Waals surface area contributed by atoms with Gasteiger partial charge in [-0.2, -0.15) is 0 Å². The number of aromatic nitrogens is 4. The molecule has 94 valence electrons. The number of halogens is 2. The number of ether oxygens (including phenoxy) is 1. The van der Waals surface area contributed by atoms with E-state index in [4.69, 9.17) is 21.4 Å². The molecule has 0 aliphatic carbocycles. The van der Waals surface area contributed by atoms with E-state index in [0.29, 0.717) is 11.2 Å². The third-order valence-corrected chi connectivity index (χ3v) is 2.91. The molecule has 0 saturated carbocycles. The average Bonchev–Trinajstić information content (AvgIpc) is 2.93. The Morgan fingerprint density at radius 2 is 2.28 bits per heavy atom. The fourth-order valence-electron chi connectivity index (χ4n) is 1.82. The van der Waals surface area contributed by atoms with Crippen LogP contribution < -0.4 is 0 Å². The van der Waals surface area contributed by atoms with Crippen LogP contribution in [0.1, 0.15) is 6.23 Å². The van der Waals surface area contributed by atoms with Crippen LogP contribution in [0.15, 0.2) is 24.6 Å². The van der Waals surface area contributed by atoms with Crippen molar-refractivity contribution < 1.29 is 14.2 Å². The van der Waals surface area contributed by atoms with Crippen molar-refractivity contribution in [3.05, 3.63) is 29.7 Å². The van der Waals surface area contributed by atoms with Gasteiger partial charge in [-0.1, -0.05) is 11.6 Å². The van der Waals surface area contributed by atoms with Gasteiger partial charge in [0.15, 0.2) is 17.0 Å². The molecule has 2 aromatic heterocycles. The Labute approximate surface area is 106 Å². The van der Waals surface area contributed by atoms with Gasteiger partial charge in [0.25, 0.3) is 0 Å². The summed E-state index contributed by atoms with van der Waals surface area (Å²) in [6.07, 6.45) is 2.23. The van der Waals surface area contributed by atoms with Gasteiger partial charge in [-0.3, -0.25) is 4.57 Å². The summed E-state index contributed by atoms with van der Waals surface area (Å²) in [4.78, 5) is 11.8. The summed E-state index contributed by atoms with van der Waals surface area (Å²) in [5.41, 5.74) is 0.755. The first-order valence-corrected chi connectivity index (χ1v) is 5.55. The molecule has 3 rings (SSSR count). The SMILES string of the molecule is OC[C@H]1C=C(F)[C@@H](n2cnc3c(Cl)ncnc32)O1. The largest absolute Gasteiger partial charge is 0.393 e. The summed E-state index contributed by atoms with van der Waals surface area (Å²) in [6.45, 7) is -0.285. The van der Waals surface area contributed by atoms with Crippen LogP contribution in [0.5, 0.6) is 0 Å².